The summed E-state index contributed by atoms with van der Waals surface area (Å²) in [6, 6.07) is 9.29. The Morgan fingerprint density at radius 2 is 1.54 bits per heavy atom. The molecule has 0 N–H and O–H groups in total. The predicted molar refractivity (Wildman–Crippen MR) is 108 cm³/mol. The molecule has 2 aromatic rings. The number of anilines is 1. The summed E-state index contributed by atoms with van der Waals surface area (Å²) in [5.41, 5.74) is 4.23. The van der Waals surface area contributed by atoms with Gasteiger partial charge in [0.15, 0.2) is 0 Å². The average molecular weight is 413 g/mol. The van der Waals surface area contributed by atoms with Crippen LogP contribution in [0.2, 0.25) is 10.0 Å². The highest BCUT2D eigenvalue weighted by Crippen LogP contribution is 2.33. The molecule has 0 unspecified atom stereocenters. The molecule has 0 aliphatic carbocycles. The second-order valence-corrected chi connectivity index (χ2v) is 9.29. The smallest absolute Gasteiger partial charge is 0.244 e. The summed E-state index contributed by atoms with van der Waals surface area (Å²) in [5.74, 6) is 0. The van der Waals surface area contributed by atoms with E-state index in [-0.39, 0.29) is 9.92 Å². The molecule has 0 spiro atoms. The van der Waals surface area contributed by atoms with Gasteiger partial charge >= 0.3 is 0 Å². The number of hydrogen-bond acceptors (Lipinski definition) is 3. The van der Waals surface area contributed by atoms with E-state index in [1.54, 1.807) is 13.0 Å². The van der Waals surface area contributed by atoms with Crippen molar-refractivity contribution in [1.29, 1.82) is 0 Å². The average Bonchev–Trinajstić information content (AvgIpc) is 2.62. The molecule has 26 heavy (non-hydrogen) atoms. The summed E-state index contributed by atoms with van der Waals surface area (Å²) in [6.07, 6.45) is 0. The number of hydrogen-bond donors (Lipinski definition) is 0. The van der Waals surface area contributed by atoms with E-state index in [0.29, 0.717) is 36.8 Å². The number of rotatable bonds is 3. The summed E-state index contributed by atoms with van der Waals surface area (Å²) in [6.45, 7) is 8.06. The number of nitrogens with zero attached hydrogens (tertiary/aromatic N) is 2. The normalized spacial score (nSPS) is 16.1. The first kappa shape index (κ1) is 19.5. The van der Waals surface area contributed by atoms with Gasteiger partial charge in [-0.3, -0.25) is 0 Å². The van der Waals surface area contributed by atoms with Crippen molar-refractivity contribution < 1.29 is 8.42 Å². The number of aryl methyl sites for hydroxylation is 1. The molecule has 7 heteroatoms. The van der Waals surface area contributed by atoms with Crippen molar-refractivity contribution in [2.45, 2.75) is 25.7 Å². The van der Waals surface area contributed by atoms with E-state index < -0.39 is 10.0 Å². The minimum Gasteiger partial charge on any atom is -0.369 e. The summed E-state index contributed by atoms with van der Waals surface area (Å²) in [5, 5.41) is 0.670. The fraction of sp³-hybridized carbons (Fsp3) is 0.368. The van der Waals surface area contributed by atoms with Gasteiger partial charge in [0.05, 0.1) is 5.02 Å². The van der Waals surface area contributed by atoms with Crippen LogP contribution in [0.15, 0.2) is 35.2 Å². The molecular formula is C19H22Cl2N2O2S. The van der Waals surface area contributed by atoms with E-state index in [4.69, 9.17) is 23.2 Å². The predicted octanol–water partition coefficient (Wildman–Crippen LogP) is 4.43. The highest BCUT2D eigenvalue weighted by molar-refractivity contribution is 7.89. The van der Waals surface area contributed by atoms with Crippen LogP contribution in [-0.4, -0.2) is 38.9 Å². The Morgan fingerprint density at radius 1 is 0.885 bits per heavy atom. The van der Waals surface area contributed by atoms with Crippen molar-refractivity contribution in [1.82, 2.24) is 4.31 Å². The third-order valence-corrected chi connectivity index (χ3v) is 8.01. The van der Waals surface area contributed by atoms with E-state index >= 15 is 0 Å². The maximum Gasteiger partial charge on any atom is 0.244 e. The van der Waals surface area contributed by atoms with Crippen LogP contribution in [0.4, 0.5) is 5.69 Å². The standard InChI is InChI=1S/C19H22Cl2N2O2S/c1-13-5-4-6-17(14(13)2)22-9-11-23(12-10-22)26(24,25)18-8-7-16(20)15(3)19(18)21/h4-8H,9-12H2,1-3H3. The quantitative estimate of drug-likeness (QED) is 0.748. The molecule has 1 aliphatic heterocycles. The highest BCUT2D eigenvalue weighted by Gasteiger charge is 2.31. The largest absolute Gasteiger partial charge is 0.369 e. The van der Waals surface area contributed by atoms with Crippen LogP contribution in [0.5, 0.6) is 0 Å². The summed E-state index contributed by atoms with van der Waals surface area (Å²) in [4.78, 5) is 2.37. The lowest BCUT2D eigenvalue weighted by Crippen LogP contribution is -2.49. The minimum atomic E-state index is -3.64. The lowest BCUT2D eigenvalue weighted by atomic mass is 10.1. The number of piperazine rings is 1. The topological polar surface area (TPSA) is 40.6 Å². The number of sulfonamides is 1. The first-order valence-electron chi connectivity index (χ1n) is 8.49. The molecule has 0 aromatic heterocycles. The van der Waals surface area contributed by atoms with Crippen LogP contribution in [0, 0.1) is 20.8 Å². The van der Waals surface area contributed by atoms with Crippen LogP contribution >= 0.6 is 23.2 Å². The maximum absolute atomic E-state index is 13.0. The highest BCUT2D eigenvalue weighted by atomic mass is 35.5. The molecule has 2 aromatic carbocycles. The van der Waals surface area contributed by atoms with Gasteiger partial charge in [-0.1, -0.05) is 35.3 Å². The van der Waals surface area contributed by atoms with Gasteiger partial charge in [0.25, 0.3) is 0 Å². The van der Waals surface area contributed by atoms with Gasteiger partial charge in [-0.25, -0.2) is 8.42 Å². The van der Waals surface area contributed by atoms with Crippen LogP contribution in [0.1, 0.15) is 16.7 Å². The van der Waals surface area contributed by atoms with E-state index in [1.807, 2.05) is 6.07 Å². The van der Waals surface area contributed by atoms with Gasteiger partial charge in [-0.05, 0) is 55.7 Å². The van der Waals surface area contributed by atoms with Crippen LogP contribution in [0.25, 0.3) is 0 Å². The van der Waals surface area contributed by atoms with Crippen LogP contribution in [0.3, 0.4) is 0 Å². The van der Waals surface area contributed by atoms with Gasteiger partial charge in [-0.2, -0.15) is 4.31 Å². The van der Waals surface area contributed by atoms with Gasteiger partial charge in [0.2, 0.25) is 10.0 Å². The zero-order valence-corrected chi connectivity index (χ0v) is 17.4. The molecular weight excluding hydrogens is 391 g/mol. The molecule has 1 fully saturated rings. The molecule has 0 bridgehead atoms. The fourth-order valence-electron chi connectivity index (χ4n) is 3.22. The van der Waals surface area contributed by atoms with Gasteiger partial charge in [0, 0.05) is 36.9 Å². The Morgan fingerprint density at radius 3 is 2.19 bits per heavy atom. The van der Waals surface area contributed by atoms with Crippen LogP contribution in [-0.2, 0) is 10.0 Å². The Bertz CT molecular complexity index is 937. The molecule has 140 valence electrons. The fourth-order valence-corrected chi connectivity index (χ4v) is 5.43. The second kappa shape index (κ2) is 7.39. The monoisotopic (exact) mass is 412 g/mol. The second-order valence-electron chi connectivity index (χ2n) is 6.59. The Balaban J connectivity index is 1.81. The van der Waals surface area contributed by atoms with Crippen molar-refractivity contribution in [3.8, 4) is 0 Å². The number of halogens is 2. The summed E-state index contributed by atoms with van der Waals surface area (Å²) in [7, 11) is -3.64. The van der Waals surface area contributed by atoms with Crippen LogP contribution < -0.4 is 4.90 Å². The van der Waals surface area contributed by atoms with E-state index in [2.05, 4.69) is 30.9 Å². The molecule has 0 radical (unpaired) electrons. The lowest BCUT2D eigenvalue weighted by molar-refractivity contribution is 0.384. The Kier molecular flexibility index (Phi) is 5.54. The first-order valence-corrected chi connectivity index (χ1v) is 10.7. The first-order chi connectivity index (χ1) is 12.2. The summed E-state index contributed by atoms with van der Waals surface area (Å²) < 4.78 is 27.5. The van der Waals surface area contributed by atoms with Crippen molar-refractivity contribution in [3.63, 3.8) is 0 Å². The Labute approximate surface area is 165 Å². The molecule has 0 atom stereocenters. The van der Waals surface area contributed by atoms with E-state index in [9.17, 15) is 8.42 Å². The Hall–Kier alpha value is -1.27. The third-order valence-electron chi connectivity index (χ3n) is 5.06. The molecule has 1 aliphatic rings. The summed E-state index contributed by atoms with van der Waals surface area (Å²) >= 11 is 12.3. The van der Waals surface area contributed by atoms with Gasteiger partial charge < -0.3 is 4.90 Å². The van der Waals surface area contributed by atoms with E-state index in [0.717, 1.165) is 0 Å². The molecule has 1 saturated heterocycles. The molecule has 0 saturated carbocycles. The van der Waals surface area contributed by atoms with Gasteiger partial charge in [-0.15, -0.1) is 0 Å². The molecule has 4 nitrogen and oxygen atoms in total. The zero-order chi connectivity index (χ0) is 19.1. The van der Waals surface area contributed by atoms with Crippen molar-refractivity contribution >= 4 is 38.9 Å². The third kappa shape index (κ3) is 3.46. The van der Waals surface area contributed by atoms with Crippen molar-refractivity contribution in [2.75, 3.05) is 31.1 Å². The maximum atomic E-state index is 13.0. The van der Waals surface area contributed by atoms with Gasteiger partial charge in [0.1, 0.15) is 4.90 Å². The SMILES string of the molecule is Cc1cccc(N2CCN(S(=O)(=O)c3ccc(Cl)c(C)c3Cl)CC2)c1C. The zero-order valence-electron chi connectivity index (χ0n) is 15.1. The molecule has 3 rings (SSSR count). The van der Waals surface area contributed by atoms with Crippen molar-refractivity contribution in [2.24, 2.45) is 0 Å². The number of benzene rings is 2. The lowest BCUT2D eigenvalue weighted by Gasteiger charge is -2.36. The molecule has 1 heterocycles. The minimum absolute atomic E-state index is 0.126. The molecule has 0 amide bonds. The van der Waals surface area contributed by atoms with Crippen molar-refractivity contribution in [3.05, 3.63) is 57.1 Å². The van der Waals surface area contributed by atoms with E-state index in [1.165, 1.54) is 27.2 Å².